The molecule has 0 radical (unpaired) electrons. The molecule has 2 aromatic rings. The van der Waals surface area contributed by atoms with Crippen LogP contribution in [0.25, 0.3) is 0 Å². The zero-order chi connectivity index (χ0) is 16.4. The van der Waals surface area contributed by atoms with Crippen molar-refractivity contribution in [1.29, 1.82) is 0 Å². The van der Waals surface area contributed by atoms with E-state index in [4.69, 9.17) is 17.3 Å². The molecule has 0 saturated heterocycles. The van der Waals surface area contributed by atoms with Crippen molar-refractivity contribution in [2.45, 2.75) is 20.3 Å². The number of rotatable bonds is 3. The van der Waals surface area contributed by atoms with Gasteiger partial charge in [-0.15, -0.1) is 0 Å². The van der Waals surface area contributed by atoms with E-state index in [0.717, 1.165) is 32.2 Å². The minimum absolute atomic E-state index is 0.182. The third kappa shape index (κ3) is 3.31. The molecule has 3 nitrogen and oxygen atoms in total. The predicted octanol–water partition coefficient (Wildman–Crippen LogP) is 5.57. The van der Waals surface area contributed by atoms with E-state index in [9.17, 15) is 4.79 Å². The van der Waals surface area contributed by atoms with Gasteiger partial charge >= 0.3 is 0 Å². The summed E-state index contributed by atoms with van der Waals surface area (Å²) in [5.41, 5.74) is 9.90. The minimum Gasteiger partial charge on any atom is -0.397 e. The Labute approximate surface area is 151 Å². The van der Waals surface area contributed by atoms with E-state index in [-0.39, 0.29) is 5.91 Å². The molecule has 0 spiro atoms. The van der Waals surface area contributed by atoms with E-state index in [1.165, 1.54) is 0 Å². The number of carbonyl (C=O) groups is 1. The van der Waals surface area contributed by atoms with Crippen LogP contribution in [0.2, 0.25) is 5.02 Å². The van der Waals surface area contributed by atoms with Crippen LogP contribution in [0.1, 0.15) is 28.4 Å². The van der Waals surface area contributed by atoms with Gasteiger partial charge in [0.2, 0.25) is 0 Å². The summed E-state index contributed by atoms with van der Waals surface area (Å²) in [4.78, 5) is 12.4. The second kappa shape index (κ2) is 7.02. The van der Waals surface area contributed by atoms with Gasteiger partial charge < -0.3 is 11.1 Å². The number of benzene rings is 2. The van der Waals surface area contributed by atoms with E-state index in [1.807, 2.05) is 13.8 Å². The van der Waals surface area contributed by atoms with Crippen LogP contribution in [0.5, 0.6) is 0 Å². The molecule has 0 heterocycles. The molecule has 0 saturated carbocycles. The van der Waals surface area contributed by atoms with Crippen LogP contribution in [-0.2, 0) is 6.42 Å². The molecule has 0 aliphatic rings. The maximum Gasteiger partial charge on any atom is 0.255 e. The molecular weight excluding hydrogens is 431 g/mol. The van der Waals surface area contributed by atoms with Gasteiger partial charge in [-0.2, -0.15) is 0 Å². The Kier molecular flexibility index (Phi) is 5.53. The van der Waals surface area contributed by atoms with Crippen molar-refractivity contribution in [3.63, 3.8) is 0 Å². The molecule has 0 aromatic heterocycles. The topological polar surface area (TPSA) is 55.1 Å². The summed E-state index contributed by atoms with van der Waals surface area (Å²) in [6.45, 7) is 3.94. The molecule has 22 heavy (non-hydrogen) atoms. The quantitative estimate of drug-likeness (QED) is 0.606. The molecular formula is C16H15Br2ClN2O. The second-order valence-corrected chi connectivity index (χ2v) is 6.86. The Morgan fingerprint density at radius 3 is 2.36 bits per heavy atom. The number of hydrogen-bond acceptors (Lipinski definition) is 2. The van der Waals surface area contributed by atoms with Crippen molar-refractivity contribution in [2.75, 3.05) is 11.1 Å². The number of nitrogen functional groups attached to an aromatic ring is 1. The highest BCUT2D eigenvalue weighted by Gasteiger charge is 2.18. The largest absolute Gasteiger partial charge is 0.397 e. The zero-order valence-electron chi connectivity index (χ0n) is 12.1. The summed E-state index contributed by atoms with van der Waals surface area (Å²) in [5, 5.41) is 3.57. The first-order chi connectivity index (χ1) is 10.4. The highest BCUT2D eigenvalue weighted by Crippen LogP contribution is 2.40. The number of halogens is 3. The molecule has 1 amide bonds. The molecule has 0 bridgehead atoms. The summed E-state index contributed by atoms with van der Waals surface area (Å²) in [6, 6.07) is 6.78. The molecule has 0 atom stereocenters. The van der Waals surface area contributed by atoms with Crippen molar-refractivity contribution in [3.8, 4) is 0 Å². The van der Waals surface area contributed by atoms with Crippen LogP contribution < -0.4 is 11.1 Å². The first-order valence-corrected chi connectivity index (χ1v) is 8.66. The molecule has 0 unspecified atom stereocenters. The third-order valence-corrected chi connectivity index (χ3v) is 5.62. The van der Waals surface area contributed by atoms with Crippen molar-refractivity contribution in [2.24, 2.45) is 0 Å². The average molecular weight is 447 g/mol. The van der Waals surface area contributed by atoms with Gasteiger partial charge in [0.05, 0.1) is 5.69 Å². The molecule has 3 N–H and O–H groups in total. The number of hydrogen-bond donors (Lipinski definition) is 2. The molecule has 116 valence electrons. The summed E-state index contributed by atoms with van der Waals surface area (Å²) in [5.74, 6) is -0.182. The lowest BCUT2D eigenvalue weighted by Gasteiger charge is -2.18. The van der Waals surface area contributed by atoms with Crippen LogP contribution in [0, 0.1) is 6.92 Å². The lowest BCUT2D eigenvalue weighted by Crippen LogP contribution is -2.15. The normalized spacial score (nSPS) is 10.6. The second-order valence-electron chi connectivity index (χ2n) is 4.83. The van der Waals surface area contributed by atoms with Crippen LogP contribution >= 0.6 is 43.5 Å². The van der Waals surface area contributed by atoms with Crippen molar-refractivity contribution < 1.29 is 4.79 Å². The summed E-state index contributed by atoms with van der Waals surface area (Å²) < 4.78 is 1.59. The Morgan fingerprint density at radius 1 is 1.23 bits per heavy atom. The van der Waals surface area contributed by atoms with E-state index in [0.29, 0.717) is 16.3 Å². The highest BCUT2D eigenvalue weighted by atomic mass is 79.9. The molecule has 6 heteroatoms. The SMILES string of the molecule is CCc1c(Br)c(N)c(Br)c(C)c1NC(=O)c1ccc(Cl)cc1. The van der Waals surface area contributed by atoms with Crippen LogP contribution in [0.15, 0.2) is 33.2 Å². The van der Waals surface area contributed by atoms with E-state index in [2.05, 4.69) is 37.2 Å². The summed E-state index contributed by atoms with van der Waals surface area (Å²) >= 11 is 12.8. The fraction of sp³-hybridized carbons (Fsp3) is 0.188. The van der Waals surface area contributed by atoms with E-state index in [1.54, 1.807) is 24.3 Å². The van der Waals surface area contributed by atoms with Crippen molar-refractivity contribution in [3.05, 3.63) is 54.9 Å². The monoisotopic (exact) mass is 444 g/mol. The fourth-order valence-corrected chi connectivity index (χ4v) is 3.66. The Morgan fingerprint density at radius 2 is 1.82 bits per heavy atom. The van der Waals surface area contributed by atoms with Gasteiger partial charge in [-0.05, 0) is 80.6 Å². The van der Waals surface area contributed by atoms with Crippen molar-refractivity contribution >= 4 is 60.7 Å². The third-order valence-electron chi connectivity index (χ3n) is 3.44. The van der Waals surface area contributed by atoms with E-state index >= 15 is 0 Å². The number of nitrogens with one attached hydrogen (secondary N) is 1. The van der Waals surface area contributed by atoms with Gasteiger partial charge in [-0.25, -0.2) is 0 Å². The predicted molar refractivity (Wildman–Crippen MR) is 99.8 cm³/mol. The number of carbonyl (C=O) groups excluding carboxylic acids is 1. The van der Waals surface area contributed by atoms with Crippen LogP contribution in [-0.4, -0.2) is 5.91 Å². The first kappa shape index (κ1) is 17.3. The molecule has 0 aliphatic heterocycles. The Hall–Kier alpha value is -1.04. The van der Waals surface area contributed by atoms with Gasteiger partial charge in [0.1, 0.15) is 0 Å². The summed E-state index contributed by atoms with van der Waals surface area (Å²) in [7, 11) is 0. The van der Waals surface area contributed by atoms with Crippen LogP contribution in [0.3, 0.4) is 0 Å². The number of amides is 1. The summed E-state index contributed by atoms with van der Waals surface area (Å²) in [6.07, 6.45) is 0.745. The standard InChI is InChI=1S/C16H15Br2ClN2O/c1-3-11-13(18)14(20)12(17)8(2)15(11)21-16(22)9-4-6-10(19)7-5-9/h4-7H,3,20H2,1-2H3,(H,21,22). The Bertz CT molecular complexity index is 730. The lowest BCUT2D eigenvalue weighted by atomic mass is 10.0. The van der Waals surface area contributed by atoms with Gasteiger partial charge in [0.25, 0.3) is 5.91 Å². The molecule has 0 aliphatic carbocycles. The number of nitrogens with two attached hydrogens (primary N) is 1. The fourth-order valence-electron chi connectivity index (χ4n) is 2.19. The smallest absolute Gasteiger partial charge is 0.255 e. The first-order valence-electron chi connectivity index (χ1n) is 6.69. The lowest BCUT2D eigenvalue weighted by molar-refractivity contribution is 0.102. The zero-order valence-corrected chi connectivity index (χ0v) is 16.1. The number of anilines is 2. The molecule has 0 fully saturated rings. The van der Waals surface area contributed by atoms with Gasteiger partial charge in [0.15, 0.2) is 0 Å². The van der Waals surface area contributed by atoms with Crippen molar-refractivity contribution in [1.82, 2.24) is 0 Å². The molecule has 2 rings (SSSR count). The Balaban J connectivity index is 2.45. The maximum atomic E-state index is 12.4. The van der Waals surface area contributed by atoms with Gasteiger partial charge in [-0.3, -0.25) is 4.79 Å². The minimum atomic E-state index is -0.182. The highest BCUT2D eigenvalue weighted by molar-refractivity contribution is 9.11. The van der Waals surface area contributed by atoms with E-state index < -0.39 is 0 Å². The average Bonchev–Trinajstić information content (AvgIpc) is 2.51. The van der Waals surface area contributed by atoms with Gasteiger partial charge in [-0.1, -0.05) is 18.5 Å². The van der Waals surface area contributed by atoms with Gasteiger partial charge in [0, 0.05) is 25.2 Å². The van der Waals surface area contributed by atoms with Crippen LogP contribution in [0.4, 0.5) is 11.4 Å². The maximum absolute atomic E-state index is 12.4. The molecule has 2 aromatic carbocycles.